The predicted octanol–water partition coefficient (Wildman–Crippen LogP) is 1.16. The molecule has 2 rings (SSSR count). The number of nitrogens with one attached hydrogen (secondary N) is 2. The molecule has 3 amide bonds. The standard InChI is InChI=1S/C14H17F3N4O4S/c1-2-3-8-21-11(22)13(14(15,16)17,19-12(21)23)20-26(24,25)10-6-4-9(18)5-7-10/h4-7,20H,2-3,8,18H2,1H3,(H,19,23)/t13-/m0/s1. The molecule has 26 heavy (non-hydrogen) atoms. The number of hydrogen-bond acceptors (Lipinski definition) is 5. The first kappa shape index (κ1) is 20.0. The molecule has 8 nitrogen and oxygen atoms in total. The van der Waals surface area contributed by atoms with Crippen molar-refractivity contribution in [1.82, 2.24) is 14.9 Å². The summed E-state index contributed by atoms with van der Waals surface area (Å²) in [6.45, 7) is 1.46. The number of unbranched alkanes of at least 4 members (excludes halogenated alkanes) is 1. The van der Waals surface area contributed by atoms with Crippen molar-refractivity contribution in [3.63, 3.8) is 0 Å². The lowest BCUT2D eigenvalue weighted by atomic mass is 10.1. The van der Waals surface area contributed by atoms with Crippen LogP contribution in [-0.2, 0) is 14.8 Å². The highest BCUT2D eigenvalue weighted by Crippen LogP contribution is 2.35. The van der Waals surface area contributed by atoms with E-state index in [-0.39, 0.29) is 18.7 Å². The first-order chi connectivity index (χ1) is 11.9. The normalized spacial score (nSPS) is 21.2. The summed E-state index contributed by atoms with van der Waals surface area (Å²) < 4.78 is 66.9. The Balaban J connectivity index is 2.44. The fourth-order valence-corrected chi connectivity index (χ4v) is 3.59. The number of anilines is 1. The average Bonchev–Trinajstić information content (AvgIpc) is 2.76. The Morgan fingerprint density at radius 1 is 1.23 bits per heavy atom. The van der Waals surface area contributed by atoms with E-state index >= 15 is 0 Å². The molecule has 0 spiro atoms. The second-order valence-corrected chi connectivity index (χ2v) is 7.35. The number of sulfonamides is 1. The first-order valence-corrected chi connectivity index (χ1v) is 9.03. The molecular weight excluding hydrogens is 377 g/mol. The van der Waals surface area contributed by atoms with Gasteiger partial charge in [-0.2, -0.15) is 17.9 Å². The summed E-state index contributed by atoms with van der Waals surface area (Å²) in [5.74, 6) is -1.72. The van der Waals surface area contributed by atoms with Crippen LogP contribution in [0.2, 0.25) is 0 Å². The van der Waals surface area contributed by atoms with Crippen molar-refractivity contribution in [1.29, 1.82) is 0 Å². The third-order valence-electron chi connectivity index (χ3n) is 3.74. The van der Waals surface area contributed by atoms with E-state index in [1.54, 1.807) is 6.92 Å². The van der Waals surface area contributed by atoms with Gasteiger partial charge in [0.2, 0.25) is 10.0 Å². The zero-order valence-electron chi connectivity index (χ0n) is 13.6. The van der Waals surface area contributed by atoms with Gasteiger partial charge in [-0.25, -0.2) is 13.2 Å². The SMILES string of the molecule is CCCCN1C(=O)N[C@@](NS(=O)(=O)c2ccc(N)cc2)(C(F)(F)F)C1=O. The van der Waals surface area contributed by atoms with E-state index < -0.39 is 38.7 Å². The molecule has 144 valence electrons. The van der Waals surface area contributed by atoms with E-state index in [4.69, 9.17) is 5.73 Å². The largest absolute Gasteiger partial charge is 0.435 e. The van der Waals surface area contributed by atoms with Gasteiger partial charge in [0.1, 0.15) is 0 Å². The summed E-state index contributed by atoms with van der Waals surface area (Å²) in [5, 5.41) is 1.45. The van der Waals surface area contributed by atoms with Gasteiger partial charge in [-0.15, -0.1) is 0 Å². The molecule has 0 unspecified atom stereocenters. The van der Waals surface area contributed by atoms with Crippen molar-refractivity contribution in [3.8, 4) is 0 Å². The maximum absolute atomic E-state index is 13.6. The Hall–Kier alpha value is -2.34. The number of nitrogens with two attached hydrogens (primary N) is 1. The lowest BCUT2D eigenvalue weighted by Gasteiger charge is -2.29. The van der Waals surface area contributed by atoms with Gasteiger partial charge in [-0.1, -0.05) is 13.3 Å². The van der Waals surface area contributed by atoms with Crippen LogP contribution in [0.5, 0.6) is 0 Å². The monoisotopic (exact) mass is 394 g/mol. The second-order valence-electron chi connectivity index (χ2n) is 5.66. The van der Waals surface area contributed by atoms with Gasteiger partial charge < -0.3 is 11.1 Å². The van der Waals surface area contributed by atoms with Crippen LogP contribution in [0.15, 0.2) is 29.2 Å². The minimum Gasteiger partial charge on any atom is -0.399 e. The zero-order valence-corrected chi connectivity index (χ0v) is 14.4. The van der Waals surface area contributed by atoms with Gasteiger partial charge in [0.15, 0.2) is 0 Å². The quantitative estimate of drug-likeness (QED) is 0.494. The zero-order chi connectivity index (χ0) is 19.8. The topological polar surface area (TPSA) is 122 Å². The van der Waals surface area contributed by atoms with Crippen LogP contribution in [0.25, 0.3) is 0 Å². The molecule has 1 saturated heterocycles. The van der Waals surface area contributed by atoms with Crippen molar-refractivity contribution in [2.45, 2.75) is 36.5 Å². The molecule has 1 aliphatic heterocycles. The van der Waals surface area contributed by atoms with Crippen LogP contribution < -0.4 is 15.8 Å². The third-order valence-corrected chi connectivity index (χ3v) is 5.21. The number of urea groups is 1. The molecule has 1 fully saturated rings. The van der Waals surface area contributed by atoms with Crippen LogP contribution >= 0.6 is 0 Å². The summed E-state index contributed by atoms with van der Waals surface area (Å²) >= 11 is 0. The van der Waals surface area contributed by atoms with Crippen LogP contribution in [0.1, 0.15) is 19.8 Å². The fraction of sp³-hybridized carbons (Fsp3) is 0.429. The number of rotatable bonds is 6. The lowest BCUT2D eigenvalue weighted by Crippen LogP contribution is -2.69. The minimum absolute atomic E-state index is 0.200. The van der Waals surface area contributed by atoms with Gasteiger partial charge in [-0.05, 0) is 30.7 Å². The summed E-state index contributed by atoms with van der Waals surface area (Å²) in [6.07, 6.45) is -4.60. The average molecular weight is 394 g/mol. The second kappa shape index (κ2) is 6.76. The van der Waals surface area contributed by atoms with Crippen molar-refractivity contribution < 1.29 is 31.2 Å². The van der Waals surface area contributed by atoms with Crippen LogP contribution in [0.4, 0.5) is 23.7 Å². The highest BCUT2D eigenvalue weighted by molar-refractivity contribution is 7.89. The molecular formula is C14H17F3N4O4S. The molecule has 0 saturated carbocycles. The maximum atomic E-state index is 13.6. The molecule has 1 aliphatic rings. The lowest BCUT2D eigenvalue weighted by molar-refractivity contribution is -0.198. The van der Waals surface area contributed by atoms with Crippen molar-refractivity contribution in [2.75, 3.05) is 12.3 Å². The number of carbonyl (C=O) groups is 2. The molecule has 1 atom stereocenters. The Bertz CT molecular complexity index is 810. The third kappa shape index (κ3) is 3.46. The van der Waals surface area contributed by atoms with Crippen LogP contribution in [0.3, 0.4) is 0 Å². The Kier molecular flexibility index (Phi) is 5.19. The molecule has 1 aromatic carbocycles. The van der Waals surface area contributed by atoms with E-state index in [1.165, 1.54) is 22.2 Å². The van der Waals surface area contributed by atoms with Crippen molar-refractivity contribution >= 4 is 27.6 Å². The number of halogens is 3. The molecule has 1 heterocycles. The number of hydrogen-bond donors (Lipinski definition) is 3. The Labute approximate surface area is 147 Å². The van der Waals surface area contributed by atoms with Crippen molar-refractivity contribution in [2.24, 2.45) is 0 Å². The summed E-state index contributed by atoms with van der Waals surface area (Å²) in [6, 6.07) is 3.01. The van der Waals surface area contributed by atoms with E-state index in [0.29, 0.717) is 11.3 Å². The van der Waals surface area contributed by atoms with Crippen LogP contribution in [0, 0.1) is 0 Å². The van der Waals surface area contributed by atoms with E-state index in [1.807, 2.05) is 0 Å². The number of amides is 3. The Morgan fingerprint density at radius 3 is 2.31 bits per heavy atom. The van der Waals surface area contributed by atoms with Gasteiger partial charge in [0.05, 0.1) is 4.90 Å². The molecule has 12 heteroatoms. The van der Waals surface area contributed by atoms with Crippen molar-refractivity contribution in [3.05, 3.63) is 24.3 Å². The minimum atomic E-state index is -5.40. The fourth-order valence-electron chi connectivity index (χ4n) is 2.32. The highest BCUT2D eigenvalue weighted by Gasteiger charge is 2.69. The van der Waals surface area contributed by atoms with E-state index in [0.717, 1.165) is 12.1 Å². The number of nitrogens with zero attached hydrogens (tertiary/aromatic N) is 1. The predicted molar refractivity (Wildman–Crippen MR) is 85.1 cm³/mol. The number of carbonyl (C=O) groups excluding carboxylic acids is 2. The van der Waals surface area contributed by atoms with Gasteiger partial charge in [0, 0.05) is 12.2 Å². The molecule has 0 aromatic heterocycles. The first-order valence-electron chi connectivity index (χ1n) is 7.55. The molecule has 1 aromatic rings. The summed E-state index contributed by atoms with van der Waals surface area (Å²) in [7, 11) is -4.79. The number of nitrogen functional groups attached to an aromatic ring is 1. The summed E-state index contributed by atoms with van der Waals surface area (Å²) in [5.41, 5.74) is 1.85. The van der Waals surface area contributed by atoms with Gasteiger partial charge >= 0.3 is 12.2 Å². The Morgan fingerprint density at radius 2 is 1.81 bits per heavy atom. The number of imide groups is 1. The summed E-state index contributed by atoms with van der Waals surface area (Å²) in [4.78, 5) is 24.0. The molecule has 4 N–H and O–H groups in total. The van der Waals surface area contributed by atoms with Gasteiger partial charge in [0.25, 0.3) is 11.6 Å². The number of benzene rings is 1. The van der Waals surface area contributed by atoms with Crippen LogP contribution in [-0.4, -0.2) is 43.6 Å². The number of alkyl halides is 3. The molecule has 0 bridgehead atoms. The molecule has 0 aliphatic carbocycles. The van der Waals surface area contributed by atoms with E-state index in [2.05, 4.69) is 0 Å². The highest BCUT2D eigenvalue weighted by atomic mass is 32.2. The van der Waals surface area contributed by atoms with Gasteiger partial charge in [-0.3, -0.25) is 9.69 Å². The smallest absolute Gasteiger partial charge is 0.399 e. The molecule has 0 radical (unpaired) electrons. The maximum Gasteiger partial charge on any atom is 0.435 e. The van der Waals surface area contributed by atoms with E-state index in [9.17, 15) is 31.2 Å².